The van der Waals surface area contributed by atoms with E-state index in [0.29, 0.717) is 5.95 Å². The lowest BCUT2D eigenvalue weighted by Gasteiger charge is -2.30. The second-order valence-corrected chi connectivity index (χ2v) is 6.37. The molecule has 2 aromatic rings. The summed E-state index contributed by atoms with van der Waals surface area (Å²) in [6.07, 6.45) is 4.46. The zero-order valence-corrected chi connectivity index (χ0v) is 13.0. The number of fused-ring (bicyclic) bond motifs is 1. The number of aryl methyl sites for hydroxylation is 1. The zero-order chi connectivity index (χ0) is 14.0. The number of aromatic nitrogens is 2. The molecule has 0 aliphatic rings. The molecular formula is C15H23N3S. The molecule has 0 saturated carbocycles. The van der Waals surface area contributed by atoms with Gasteiger partial charge in [0.15, 0.2) is 0 Å². The van der Waals surface area contributed by atoms with Crippen molar-refractivity contribution < 1.29 is 0 Å². The third-order valence-corrected chi connectivity index (χ3v) is 5.75. The van der Waals surface area contributed by atoms with Crippen molar-refractivity contribution in [2.45, 2.75) is 44.9 Å². The fourth-order valence-electron chi connectivity index (χ4n) is 2.59. The molecule has 19 heavy (non-hydrogen) atoms. The van der Waals surface area contributed by atoms with Gasteiger partial charge in [-0.25, -0.2) is 4.98 Å². The summed E-state index contributed by atoms with van der Waals surface area (Å²) in [6.45, 7) is 7.51. The molecule has 0 bridgehead atoms. The first-order chi connectivity index (χ1) is 9.06. The van der Waals surface area contributed by atoms with Crippen LogP contribution in [-0.2, 0) is 6.54 Å². The number of nitrogens with two attached hydrogens (primary N) is 1. The van der Waals surface area contributed by atoms with Crippen molar-refractivity contribution >= 4 is 28.7 Å². The Labute approximate surface area is 119 Å². The van der Waals surface area contributed by atoms with Crippen LogP contribution in [0, 0.1) is 6.92 Å². The first kappa shape index (κ1) is 14.3. The molecule has 0 radical (unpaired) electrons. The summed E-state index contributed by atoms with van der Waals surface area (Å²) < 4.78 is 2.41. The van der Waals surface area contributed by atoms with Gasteiger partial charge < -0.3 is 10.3 Å². The lowest BCUT2D eigenvalue weighted by Crippen LogP contribution is -2.29. The summed E-state index contributed by atoms with van der Waals surface area (Å²) in [5.74, 6) is 0.629. The van der Waals surface area contributed by atoms with Gasteiger partial charge in [-0.1, -0.05) is 26.0 Å². The number of hydrogen-bond donors (Lipinski definition) is 1. The minimum Gasteiger partial charge on any atom is -0.369 e. The van der Waals surface area contributed by atoms with Crippen molar-refractivity contribution in [2.24, 2.45) is 0 Å². The average molecular weight is 277 g/mol. The van der Waals surface area contributed by atoms with Gasteiger partial charge in [-0.15, -0.1) is 0 Å². The van der Waals surface area contributed by atoms with Crippen molar-refractivity contribution in [1.82, 2.24) is 9.55 Å². The van der Waals surface area contributed by atoms with E-state index in [1.807, 2.05) is 11.8 Å². The van der Waals surface area contributed by atoms with Gasteiger partial charge >= 0.3 is 0 Å². The van der Waals surface area contributed by atoms with Gasteiger partial charge in [-0.3, -0.25) is 0 Å². The summed E-state index contributed by atoms with van der Waals surface area (Å²) in [7, 11) is 0. The molecule has 0 atom stereocenters. The molecule has 1 heterocycles. The number of nitrogen functional groups attached to an aromatic ring is 1. The molecule has 2 N–H and O–H groups in total. The summed E-state index contributed by atoms with van der Waals surface area (Å²) in [6, 6.07) is 6.27. The Balaban J connectivity index is 2.51. The molecule has 4 heteroatoms. The van der Waals surface area contributed by atoms with Crippen molar-refractivity contribution in [3.05, 3.63) is 23.8 Å². The van der Waals surface area contributed by atoms with Gasteiger partial charge in [-0.05, 0) is 37.7 Å². The quantitative estimate of drug-likeness (QED) is 0.902. The zero-order valence-electron chi connectivity index (χ0n) is 12.2. The van der Waals surface area contributed by atoms with E-state index in [1.165, 1.54) is 5.56 Å². The number of nitrogens with zero attached hydrogens (tertiary/aromatic N) is 2. The molecule has 0 spiro atoms. The Morgan fingerprint density at radius 1 is 1.32 bits per heavy atom. The molecule has 1 aromatic carbocycles. The molecule has 2 rings (SSSR count). The second kappa shape index (κ2) is 5.45. The van der Waals surface area contributed by atoms with E-state index in [-0.39, 0.29) is 4.75 Å². The van der Waals surface area contributed by atoms with E-state index in [9.17, 15) is 0 Å². The minimum absolute atomic E-state index is 0.242. The topological polar surface area (TPSA) is 43.8 Å². The molecule has 0 aliphatic heterocycles. The Kier molecular flexibility index (Phi) is 4.09. The van der Waals surface area contributed by atoms with Gasteiger partial charge in [0, 0.05) is 11.3 Å². The lowest BCUT2D eigenvalue weighted by atomic mass is 10.0. The van der Waals surface area contributed by atoms with Crippen LogP contribution in [0.4, 0.5) is 5.95 Å². The SMILES string of the molecule is CCC(CC)(Cn1c(N)nc2c(C)cccc21)SC. The van der Waals surface area contributed by atoms with Crippen LogP contribution >= 0.6 is 11.8 Å². The smallest absolute Gasteiger partial charge is 0.201 e. The molecule has 0 aliphatic carbocycles. The Morgan fingerprint density at radius 3 is 2.58 bits per heavy atom. The Bertz CT molecular complexity index is 562. The highest BCUT2D eigenvalue weighted by Crippen LogP contribution is 2.34. The molecule has 0 amide bonds. The van der Waals surface area contributed by atoms with Crippen molar-refractivity contribution in [3.8, 4) is 0 Å². The minimum atomic E-state index is 0.242. The number of imidazole rings is 1. The maximum absolute atomic E-state index is 6.14. The fraction of sp³-hybridized carbons (Fsp3) is 0.533. The summed E-state index contributed by atoms with van der Waals surface area (Å²) in [5, 5.41) is 0. The van der Waals surface area contributed by atoms with Crippen LogP contribution in [0.25, 0.3) is 11.0 Å². The van der Waals surface area contributed by atoms with E-state index in [4.69, 9.17) is 5.73 Å². The fourth-order valence-corrected chi connectivity index (χ4v) is 3.42. The van der Waals surface area contributed by atoms with Crippen molar-refractivity contribution in [1.29, 1.82) is 0 Å². The molecule has 3 nitrogen and oxygen atoms in total. The van der Waals surface area contributed by atoms with Gasteiger partial charge in [0.2, 0.25) is 5.95 Å². The van der Waals surface area contributed by atoms with E-state index < -0.39 is 0 Å². The first-order valence-electron chi connectivity index (χ1n) is 6.83. The van der Waals surface area contributed by atoms with Crippen LogP contribution in [0.3, 0.4) is 0 Å². The molecule has 104 valence electrons. The van der Waals surface area contributed by atoms with Gasteiger partial charge in [0.25, 0.3) is 0 Å². The summed E-state index contributed by atoms with van der Waals surface area (Å²) in [4.78, 5) is 4.53. The number of anilines is 1. The third kappa shape index (κ3) is 2.46. The largest absolute Gasteiger partial charge is 0.369 e. The van der Waals surface area contributed by atoms with E-state index >= 15 is 0 Å². The highest BCUT2D eigenvalue weighted by Gasteiger charge is 2.27. The van der Waals surface area contributed by atoms with Crippen LogP contribution in [0.2, 0.25) is 0 Å². The van der Waals surface area contributed by atoms with Crippen molar-refractivity contribution in [2.75, 3.05) is 12.0 Å². The number of benzene rings is 1. The van der Waals surface area contributed by atoms with Crippen molar-refractivity contribution in [3.63, 3.8) is 0 Å². The molecular weight excluding hydrogens is 254 g/mol. The summed E-state index contributed by atoms with van der Waals surface area (Å²) >= 11 is 1.93. The standard InChI is InChI=1S/C15H23N3S/c1-5-15(6-2,19-4)10-18-12-9-7-8-11(3)13(12)17-14(18)16/h7-9H,5-6,10H2,1-4H3,(H2,16,17). The monoisotopic (exact) mass is 277 g/mol. The maximum atomic E-state index is 6.14. The summed E-state index contributed by atoms with van der Waals surface area (Å²) in [5.41, 5.74) is 9.50. The predicted molar refractivity (Wildman–Crippen MR) is 85.7 cm³/mol. The number of thioether (sulfide) groups is 1. The van der Waals surface area contributed by atoms with Crippen LogP contribution in [-0.4, -0.2) is 20.6 Å². The predicted octanol–water partition coefficient (Wildman–Crippen LogP) is 3.85. The molecule has 0 saturated heterocycles. The Hall–Kier alpha value is -1.16. The van der Waals surface area contributed by atoms with E-state index in [2.05, 4.69) is 54.8 Å². The van der Waals surface area contributed by atoms with Crippen LogP contribution in [0.5, 0.6) is 0 Å². The normalized spacial score (nSPS) is 12.2. The van der Waals surface area contributed by atoms with Crippen LogP contribution < -0.4 is 5.73 Å². The second-order valence-electron chi connectivity index (χ2n) is 5.09. The van der Waals surface area contributed by atoms with Gasteiger partial charge in [0.1, 0.15) is 0 Å². The van der Waals surface area contributed by atoms with Crippen LogP contribution in [0.15, 0.2) is 18.2 Å². The van der Waals surface area contributed by atoms with E-state index in [0.717, 1.165) is 30.4 Å². The lowest BCUT2D eigenvalue weighted by molar-refractivity contribution is 0.476. The molecule has 1 aromatic heterocycles. The Morgan fingerprint density at radius 2 is 2.00 bits per heavy atom. The van der Waals surface area contributed by atoms with Gasteiger partial charge in [-0.2, -0.15) is 11.8 Å². The molecule has 0 fully saturated rings. The number of hydrogen-bond acceptors (Lipinski definition) is 3. The molecule has 0 unspecified atom stereocenters. The number of rotatable bonds is 5. The van der Waals surface area contributed by atoms with E-state index in [1.54, 1.807) is 0 Å². The van der Waals surface area contributed by atoms with Gasteiger partial charge in [0.05, 0.1) is 11.0 Å². The number of para-hydroxylation sites is 1. The average Bonchev–Trinajstić information content (AvgIpc) is 2.74. The first-order valence-corrected chi connectivity index (χ1v) is 8.06. The van der Waals surface area contributed by atoms with Crippen LogP contribution in [0.1, 0.15) is 32.3 Å². The highest BCUT2D eigenvalue weighted by molar-refractivity contribution is 8.00. The maximum Gasteiger partial charge on any atom is 0.201 e. The third-order valence-electron chi connectivity index (χ3n) is 4.18. The highest BCUT2D eigenvalue weighted by atomic mass is 32.2.